The number of nitrogens with zero attached hydrogens (tertiary/aromatic N) is 1. The summed E-state index contributed by atoms with van der Waals surface area (Å²) in [5, 5.41) is 23.3. The van der Waals surface area contributed by atoms with Gasteiger partial charge in [-0.1, -0.05) is 12.8 Å². The highest BCUT2D eigenvalue weighted by atomic mass is 16.5. The Hall–Kier alpha value is -0.560. The molecule has 96 valence electrons. The highest BCUT2D eigenvalue weighted by molar-refractivity contribution is 5.15. The molecular formula is C14H23NO2. The van der Waals surface area contributed by atoms with Gasteiger partial charge in [-0.3, -0.25) is 0 Å². The molecule has 6 unspecified atom stereocenters. The molecule has 0 spiro atoms. The van der Waals surface area contributed by atoms with E-state index in [0.717, 1.165) is 19.3 Å². The van der Waals surface area contributed by atoms with Crippen LogP contribution in [0.5, 0.6) is 0 Å². The van der Waals surface area contributed by atoms with Gasteiger partial charge in [0, 0.05) is 12.8 Å². The van der Waals surface area contributed by atoms with Crippen molar-refractivity contribution in [3.05, 3.63) is 5.21 Å². The zero-order valence-electron chi connectivity index (χ0n) is 11.0. The molecule has 6 atom stereocenters. The zero-order chi connectivity index (χ0) is 12.8. The average Bonchev–Trinajstić information content (AvgIpc) is 2.27. The van der Waals surface area contributed by atoms with E-state index in [0.29, 0.717) is 12.3 Å². The number of quaternary nitrogens is 1. The first kappa shape index (κ1) is 12.9. The summed E-state index contributed by atoms with van der Waals surface area (Å²) in [4.78, 5) is 0. The third-order valence-corrected chi connectivity index (χ3v) is 5.08. The first-order chi connectivity index (χ1) is 7.81. The average molecular weight is 237 g/mol. The van der Waals surface area contributed by atoms with Crippen LogP contribution in [-0.2, 0) is 0 Å². The van der Waals surface area contributed by atoms with Crippen LogP contribution >= 0.6 is 0 Å². The zero-order valence-corrected chi connectivity index (χ0v) is 11.0. The fourth-order valence-electron chi connectivity index (χ4n) is 3.75. The summed E-state index contributed by atoms with van der Waals surface area (Å²) in [5.41, 5.74) is -1.06. The Labute approximate surface area is 104 Å². The lowest BCUT2D eigenvalue weighted by Gasteiger charge is -2.61. The second-order valence-corrected chi connectivity index (χ2v) is 6.27. The van der Waals surface area contributed by atoms with E-state index >= 15 is 0 Å². The van der Waals surface area contributed by atoms with Gasteiger partial charge in [0.15, 0.2) is 0 Å². The van der Waals surface area contributed by atoms with Crippen molar-refractivity contribution in [2.24, 2.45) is 11.8 Å². The first-order valence-electron chi connectivity index (χ1n) is 6.58. The Bertz CT molecular complexity index is 347. The molecule has 1 saturated heterocycles. The molecule has 1 N–H and O–H groups in total. The van der Waals surface area contributed by atoms with Crippen molar-refractivity contribution >= 4 is 0 Å². The van der Waals surface area contributed by atoms with Crippen LogP contribution in [0.3, 0.4) is 0 Å². The summed E-state index contributed by atoms with van der Waals surface area (Å²) >= 11 is 0. The Balaban J connectivity index is 2.35. The van der Waals surface area contributed by atoms with Crippen LogP contribution in [0.1, 0.15) is 39.5 Å². The van der Waals surface area contributed by atoms with Gasteiger partial charge in [0.05, 0.1) is 25.0 Å². The van der Waals surface area contributed by atoms with E-state index in [2.05, 4.69) is 12.8 Å². The number of rotatable bonds is 0. The van der Waals surface area contributed by atoms with E-state index in [1.165, 1.54) is 0 Å². The summed E-state index contributed by atoms with van der Waals surface area (Å²) < 4.78 is -0.237. The summed E-state index contributed by atoms with van der Waals surface area (Å²) in [7, 11) is 1.75. The number of aliphatic hydroxyl groups is 1. The minimum Gasteiger partial charge on any atom is -0.633 e. The number of hydrogen-bond acceptors (Lipinski definition) is 2. The molecular weight excluding hydrogens is 214 g/mol. The van der Waals surface area contributed by atoms with E-state index in [4.69, 9.17) is 6.42 Å². The minimum atomic E-state index is -1.06. The summed E-state index contributed by atoms with van der Waals surface area (Å²) in [6.07, 6.45) is 8.79. The molecule has 17 heavy (non-hydrogen) atoms. The summed E-state index contributed by atoms with van der Waals surface area (Å²) in [6.45, 7) is 4.09. The highest BCUT2D eigenvalue weighted by Gasteiger charge is 2.55. The van der Waals surface area contributed by atoms with E-state index in [1.807, 2.05) is 6.92 Å². The predicted molar refractivity (Wildman–Crippen MR) is 67.7 cm³/mol. The molecule has 1 heterocycles. The maximum Gasteiger partial charge on any atom is 0.139 e. The third-order valence-electron chi connectivity index (χ3n) is 5.08. The quantitative estimate of drug-likeness (QED) is 0.397. The topological polar surface area (TPSA) is 43.3 Å². The molecule has 2 aliphatic rings. The minimum absolute atomic E-state index is 0.0256. The largest absolute Gasteiger partial charge is 0.633 e. The molecule has 0 aromatic carbocycles. The van der Waals surface area contributed by atoms with Crippen molar-refractivity contribution in [1.82, 2.24) is 0 Å². The fourth-order valence-corrected chi connectivity index (χ4v) is 3.75. The molecule has 0 aromatic rings. The number of terminal acetylenes is 1. The van der Waals surface area contributed by atoms with Crippen molar-refractivity contribution in [1.29, 1.82) is 0 Å². The molecule has 1 saturated carbocycles. The van der Waals surface area contributed by atoms with Gasteiger partial charge in [0.2, 0.25) is 0 Å². The monoisotopic (exact) mass is 237 g/mol. The van der Waals surface area contributed by atoms with E-state index in [1.54, 1.807) is 7.05 Å². The predicted octanol–water partition coefficient (Wildman–Crippen LogP) is 1.89. The van der Waals surface area contributed by atoms with E-state index in [9.17, 15) is 10.3 Å². The number of hydroxylamine groups is 3. The Morgan fingerprint density at radius 2 is 2.06 bits per heavy atom. The van der Waals surface area contributed by atoms with E-state index in [-0.39, 0.29) is 22.6 Å². The van der Waals surface area contributed by atoms with Crippen LogP contribution in [0.2, 0.25) is 0 Å². The van der Waals surface area contributed by atoms with Crippen molar-refractivity contribution in [2.75, 3.05) is 7.05 Å². The number of likely N-dealkylation sites (tertiary alicyclic amines) is 1. The van der Waals surface area contributed by atoms with Crippen molar-refractivity contribution in [3.8, 4) is 12.3 Å². The first-order valence-corrected chi connectivity index (χ1v) is 6.58. The maximum atomic E-state index is 12.7. The smallest absolute Gasteiger partial charge is 0.139 e. The highest BCUT2D eigenvalue weighted by Crippen LogP contribution is 2.47. The molecule has 0 radical (unpaired) electrons. The maximum absolute atomic E-state index is 12.7. The van der Waals surface area contributed by atoms with Gasteiger partial charge in [-0.2, -0.15) is 0 Å². The Morgan fingerprint density at radius 1 is 1.41 bits per heavy atom. The van der Waals surface area contributed by atoms with Gasteiger partial charge in [0.25, 0.3) is 0 Å². The van der Waals surface area contributed by atoms with Crippen molar-refractivity contribution < 1.29 is 9.75 Å². The summed E-state index contributed by atoms with van der Waals surface area (Å²) in [5.74, 6) is 3.11. The van der Waals surface area contributed by atoms with Crippen LogP contribution in [0.25, 0.3) is 0 Å². The van der Waals surface area contributed by atoms with Crippen molar-refractivity contribution in [2.45, 2.75) is 57.2 Å². The standard InChI is InChI=1S/C14H23NO2/c1-5-14(16)9-11(3)15(4,17)13-8-10(2)6-7-12(13)14/h1,10-13,16H,6-9H2,2-4H3. The second-order valence-electron chi connectivity index (χ2n) is 6.27. The molecule has 0 bridgehead atoms. The molecule has 3 heteroatoms. The Morgan fingerprint density at radius 3 is 2.65 bits per heavy atom. The van der Waals surface area contributed by atoms with Gasteiger partial charge >= 0.3 is 0 Å². The molecule has 3 nitrogen and oxygen atoms in total. The molecule has 1 aliphatic heterocycles. The molecule has 2 rings (SSSR count). The number of fused-ring (bicyclic) bond motifs is 1. The van der Waals surface area contributed by atoms with Gasteiger partial charge in [-0.05, 0) is 25.7 Å². The SMILES string of the molecule is C#CC1(O)CC(C)[N+](C)([O-])C2CC(C)CCC21. The van der Waals surface area contributed by atoms with Crippen molar-refractivity contribution in [3.63, 3.8) is 0 Å². The van der Waals surface area contributed by atoms with Crippen LogP contribution < -0.4 is 0 Å². The van der Waals surface area contributed by atoms with Gasteiger partial charge in [0.1, 0.15) is 5.60 Å². The Kier molecular flexibility index (Phi) is 3.02. The molecule has 1 aliphatic carbocycles. The number of piperidine rings is 1. The molecule has 0 aromatic heterocycles. The van der Waals surface area contributed by atoms with Crippen LogP contribution in [-0.4, -0.2) is 34.5 Å². The lowest BCUT2D eigenvalue weighted by atomic mass is 9.65. The fraction of sp³-hybridized carbons (Fsp3) is 0.857. The third kappa shape index (κ3) is 1.89. The van der Waals surface area contributed by atoms with Crippen LogP contribution in [0.15, 0.2) is 0 Å². The van der Waals surface area contributed by atoms with Gasteiger partial charge < -0.3 is 15.0 Å². The molecule has 2 fully saturated rings. The van der Waals surface area contributed by atoms with Crippen LogP contribution in [0.4, 0.5) is 0 Å². The lowest BCUT2D eigenvalue weighted by molar-refractivity contribution is -0.923. The van der Waals surface area contributed by atoms with E-state index < -0.39 is 5.60 Å². The van der Waals surface area contributed by atoms with Gasteiger partial charge in [-0.15, -0.1) is 6.42 Å². The normalized spacial score (nSPS) is 54.8. The van der Waals surface area contributed by atoms with Gasteiger partial charge in [-0.25, -0.2) is 0 Å². The summed E-state index contributed by atoms with van der Waals surface area (Å²) in [6, 6.07) is -0.161. The lowest BCUT2D eigenvalue weighted by Crippen LogP contribution is -2.68. The second kappa shape index (κ2) is 3.98. The molecule has 0 amide bonds. The number of hydrogen-bond donors (Lipinski definition) is 1. The van der Waals surface area contributed by atoms with Crippen LogP contribution in [0, 0.1) is 29.4 Å².